The minimum absolute atomic E-state index is 0.780. The molecule has 0 saturated heterocycles. The molecule has 0 aromatic heterocycles. The number of anilines is 1. The molecule has 2 heteroatoms. The molecule has 0 spiro atoms. The molecular weight excluding hydrogens is 244 g/mol. The van der Waals surface area contributed by atoms with Crippen LogP contribution in [0.15, 0.2) is 18.2 Å². The largest absolute Gasteiger partial charge is 0.399 e. The van der Waals surface area contributed by atoms with Gasteiger partial charge in [-0.1, -0.05) is 38.8 Å². The molecule has 1 aliphatic carbocycles. The van der Waals surface area contributed by atoms with E-state index in [1.54, 1.807) is 0 Å². The van der Waals surface area contributed by atoms with Gasteiger partial charge in [-0.15, -0.1) is 0 Å². The monoisotopic (exact) mass is 274 g/mol. The molecule has 112 valence electrons. The Morgan fingerprint density at radius 3 is 2.55 bits per heavy atom. The highest BCUT2D eigenvalue weighted by molar-refractivity contribution is 5.48. The molecule has 2 nitrogen and oxygen atoms in total. The summed E-state index contributed by atoms with van der Waals surface area (Å²) in [6.45, 7) is 8.98. The highest BCUT2D eigenvalue weighted by Gasteiger charge is 2.22. The van der Waals surface area contributed by atoms with Gasteiger partial charge in [-0.05, 0) is 55.8 Å². The molecule has 2 N–H and O–H groups in total. The first-order valence-electron chi connectivity index (χ1n) is 8.15. The molecule has 20 heavy (non-hydrogen) atoms. The predicted molar refractivity (Wildman–Crippen MR) is 87.7 cm³/mol. The van der Waals surface area contributed by atoms with Gasteiger partial charge in [-0.2, -0.15) is 0 Å². The van der Waals surface area contributed by atoms with E-state index in [9.17, 15) is 0 Å². The Kier molecular flexibility index (Phi) is 5.47. The van der Waals surface area contributed by atoms with Crippen LogP contribution >= 0.6 is 0 Å². The minimum atomic E-state index is 0.780. The highest BCUT2D eigenvalue weighted by Crippen LogP contribution is 2.26. The Labute approximate surface area is 124 Å². The zero-order valence-corrected chi connectivity index (χ0v) is 13.4. The number of hydrogen-bond donors (Lipinski definition) is 1. The molecule has 0 aliphatic heterocycles. The fourth-order valence-electron chi connectivity index (χ4n) is 3.11. The summed E-state index contributed by atoms with van der Waals surface area (Å²) in [7, 11) is 0. The molecule has 1 aromatic rings. The Hall–Kier alpha value is -1.02. The van der Waals surface area contributed by atoms with Gasteiger partial charge in [0, 0.05) is 18.3 Å². The van der Waals surface area contributed by atoms with Crippen molar-refractivity contribution in [2.24, 2.45) is 5.92 Å². The van der Waals surface area contributed by atoms with Gasteiger partial charge in [0.25, 0.3) is 0 Å². The average Bonchev–Trinajstić information content (AvgIpc) is 2.92. The molecule has 0 heterocycles. The van der Waals surface area contributed by atoms with Crippen molar-refractivity contribution in [3.05, 3.63) is 29.3 Å². The molecule has 1 saturated carbocycles. The molecule has 1 fully saturated rings. The van der Waals surface area contributed by atoms with E-state index in [0.717, 1.165) is 24.2 Å². The van der Waals surface area contributed by atoms with Crippen molar-refractivity contribution in [1.82, 2.24) is 4.90 Å². The van der Waals surface area contributed by atoms with E-state index in [4.69, 9.17) is 5.73 Å². The van der Waals surface area contributed by atoms with Crippen molar-refractivity contribution in [3.63, 3.8) is 0 Å². The summed E-state index contributed by atoms with van der Waals surface area (Å²) in [5.41, 5.74) is 9.53. The van der Waals surface area contributed by atoms with Gasteiger partial charge in [0.15, 0.2) is 0 Å². The van der Waals surface area contributed by atoms with Crippen LogP contribution in [0.3, 0.4) is 0 Å². The van der Waals surface area contributed by atoms with Crippen LogP contribution in [-0.2, 0) is 6.54 Å². The van der Waals surface area contributed by atoms with E-state index in [1.807, 2.05) is 0 Å². The van der Waals surface area contributed by atoms with Crippen molar-refractivity contribution >= 4 is 5.69 Å². The maximum atomic E-state index is 6.05. The molecular formula is C18H30N2. The number of nitrogens with zero attached hydrogens (tertiary/aromatic N) is 1. The molecule has 1 aliphatic rings. The standard InChI is InChI=1S/C18H30N2/c1-14(2)10-11-20(17-6-4-5-7-17)13-16-9-8-15(3)18(19)12-16/h8-9,12,14,17H,4-7,10-11,13,19H2,1-3H3. The summed E-state index contributed by atoms with van der Waals surface area (Å²) in [5, 5.41) is 0. The number of nitrogens with two attached hydrogens (primary N) is 1. The van der Waals surface area contributed by atoms with Crippen LogP contribution in [0.25, 0.3) is 0 Å². The van der Waals surface area contributed by atoms with Gasteiger partial charge in [-0.25, -0.2) is 0 Å². The molecule has 2 rings (SSSR count). The Bertz CT molecular complexity index is 419. The quantitative estimate of drug-likeness (QED) is 0.781. The SMILES string of the molecule is Cc1ccc(CN(CCC(C)C)C2CCCC2)cc1N. The first kappa shape index (κ1) is 15.4. The summed E-state index contributed by atoms with van der Waals surface area (Å²) in [6.07, 6.45) is 6.84. The minimum Gasteiger partial charge on any atom is -0.399 e. The molecule has 1 aromatic carbocycles. The lowest BCUT2D eigenvalue weighted by atomic mass is 10.1. The third kappa shape index (κ3) is 4.24. The molecule has 0 amide bonds. The van der Waals surface area contributed by atoms with E-state index in [0.29, 0.717) is 0 Å². The van der Waals surface area contributed by atoms with Crippen molar-refractivity contribution in [2.45, 2.75) is 65.5 Å². The molecule has 0 atom stereocenters. The van der Waals surface area contributed by atoms with Gasteiger partial charge >= 0.3 is 0 Å². The van der Waals surface area contributed by atoms with Crippen molar-refractivity contribution in [1.29, 1.82) is 0 Å². The fourth-order valence-corrected chi connectivity index (χ4v) is 3.11. The zero-order valence-electron chi connectivity index (χ0n) is 13.4. The molecule has 0 radical (unpaired) electrons. The van der Waals surface area contributed by atoms with Crippen LogP contribution < -0.4 is 5.73 Å². The summed E-state index contributed by atoms with van der Waals surface area (Å²) in [4.78, 5) is 2.69. The lowest BCUT2D eigenvalue weighted by Gasteiger charge is -2.29. The number of nitrogen functional groups attached to an aromatic ring is 1. The van der Waals surface area contributed by atoms with Crippen LogP contribution in [0.1, 0.15) is 57.1 Å². The third-order valence-electron chi connectivity index (χ3n) is 4.56. The summed E-state index contributed by atoms with van der Waals surface area (Å²) in [5.74, 6) is 0.780. The lowest BCUT2D eigenvalue weighted by molar-refractivity contribution is 0.179. The Morgan fingerprint density at radius 2 is 1.95 bits per heavy atom. The maximum Gasteiger partial charge on any atom is 0.0346 e. The third-order valence-corrected chi connectivity index (χ3v) is 4.56. The summed E-state index contributed by atoms with van der Waals surface area (Å²) < 4.78 is 0. The number of aryl methyl sites for hydroxylation is 1. The van der Waals surface area contributed by atoms with E-state index < -0.39 is 0 Å². The summed E-state index contributed by atoms with van der Waals surface area (Å²) in [6, 6.07) is 7.34. The normalized spacial score (nSPS) is 16.4. The average molecular weight is 274 g/mol. The van der Waals surface area contributed by atoms with Crippen LogP contribution in [0.2, 0.25) is 0 Å². The Morgan fingerprint density at radius 1 is 1.25 bits per heavy atom. The van der Waals surface area contributed by atoms with Gasteiger partial charge in [0.1, 0.15) is 0 Å². The first-order chi connectivity index (χ1) is 9.56. The fraction of sp³-hybridized carbons (Fsp3) is 0.667. The predicted octanol–water partition coefficient (Wildman–Crippen LogP) is 4.37. The maximum absolute atomic E-state index is 6.05. The van der Waals surface area contributed by atoms with Crippen LogP contribution in [0, 0.1) is 12.8 Å². The first-order valence-corrected chi connectivity index (χ1v) is 8.15. The summed E-state index contributed by atoms with van der Waals surface area (Å²) >= 11 is 0. The van der Waals surface area contributed by atoms with Gasteiger partial charge in [0.05, 0.1) is 0 Å². The second-order valence-electron chi connectivity index (χ2n) is 6.78. The van der Waals surface area contributed by atoms with E-state index in [1.165, 1.54) is 49.8 Å². The van der Waals surface area contributed by atoms with Crippen LogP contribution in [0.4, 0.5) is 5.69 Å². The number of rotatable bonds is 6. The smallest absolute Gasteiger partial charge is 0.0346 e. The van der Waals surface area contributed by atoms with Crippen LogP contribution in [0.5, 0.6) is 0 Å². The van der Waals surface area contributed by atoms with Crippen LogP contribution in [-0.4, -0.2) is 17.5 Å². The van der Waals surface area contributed by atoms with Crippen molar-refractivity contribution < 1.29 is 0 Å². The van der Waals surface area contributed by atoms with Crippen molar-refractivity contribution in [3.8, 4) is 0 Å². The number of benzene rings is 1. The van der Waals surface area contributed by atoms with Gasteiger partial charge in [-0.3, -0.25) is 4.90 Å². The zero-order chi connectivity index (χ0) is 14.5. The Balaban J connectivity index is 2.03. The number of hydrogen-bond acceptors (Lipinski definition) is 2. The van der Waals surface area contributed by atoms with Gasteiger partial charge in [0.2, 0.25) is 0 Å². The van der Waals surface area contributed by atoms with E-state index >= 15 is 0 Å². The second kappa shape index (κ2) is 7.12. The van der Waals surface area contributed by atoms with E-state index in [-0.39, 0.29) is 0 Å². The highest BCUT2D eigenvalue weighted by atomic mass is 15.2. The van der Waals surface area contributed by atoms with E-state index in [2.05, 4.69) is 43.9 Å². The van der Waals surface area contributed by atoms with Gasteiger partial charge < -0.3 is 5.73 Å². The van der Waals surface area contributed by atoms with Crippen molar-refractivity contribution in [2.75, 3.05) is 12.3 Å². The second-order valence-corrected chi connectivity index (χ2v) is 6.78. The lowest BCUT2D eigenvalue weighted by Crippen LogP contribution is -2.34. The molecule has 0 bridgehead atoms. The molecule has 0 unspecified atom stereocenters. The topological polar surface area (TPSA) is 29.3 Å².